The van der Waals surface area contributed by atoms with Crippen LogP contribution in [0.4, 0.5) is 0 Å². The van der Waals surface area contributed by atoms with Crippen LogP contribution in [0.1, 0.15) is 13.3 Å². The van der Waals surface area contributed by atoms with Gasteiger partial charge in [0.25, 0.3) is 0 Å². The number of allylic oxidation sites excluding steroid dienone is 1. The number of hydrogen-bond donors (Lipinski definition) is 1. The van der Waals surface area contributed by atoms with E-state index in [4.69, 9.17) is 10.5 Å². The SMILES string of the molecule is CC/C(C=NCCOC)=C/N. The molecule has 64 valence electrons. The van der Waals surface area contributed by atoms with Gasteiger partial charge in [-0.1, -0.05) is 6.92 Å². The van der Waals surface area contributed by atoms with E-state index in [2.05, 4.69) is 4.99 Å². The maximum atomic E-state index is 5.31. The molecule has 0 rings (SSSR count). The standard InChI is InChI=1S/C8H16N2O/c1-3-8(6-9)7-10-4-5-11-2/h6-7H,3-5,9H2,1-2H3/b8-6-,10-7?. The monoisotopic (exact) mass is 156 g/mol. The summed E-state index contributed by atoms with van der Waals surface area (Å²) in [6.07, 6.45) is 4.29. The minimum atomic E-state index is 0.665. The first-order valence-electron chi connectivity index (χ1n) is 3.74. The molecule has 3 heteroatoms. The second-order valence-electron chi connectivity index (χ2n) is 2.12. The molecule has 0 bridgehead atoms. The molecule has 0 aliphatic heterocycles. The molecule has 0 unspecified atom stereocenters. The summed E-state index contributed by atoms with van der Waals surface area (Å²) in [4.78, 5) is 4.10. The van der Waals surface area contributed by atoms with Crippen molar-refractivity contribution in [2.24, 2.45) is 10.7 Å². The van der Waals surface area contributed by atoms with Gasteiger partial charge in [0, 0.05) is 13.3 Å². The van der Waals surface area contributed by atoms with E-state index in [0.29, 0.717) is 13.2 Å². The molecule has 3 nitrogen and oxygen atoms in total. The third-order valence-corrected chi connectivity index (χ3v) is 1.30. The molecule has 0 amide bonds. The largest absolute Gasteiger partial charge is 0.404 e. The first-order valence-corrected chi connectivity index (χ1v) is 3.74. The average molecular weight is 156 g/mol. The highest BCUT2D eigenvalue weighted by molar-refractivity contribution is 5.78. The Balaban J connectivity index is 3.54. The Labute approximate surface area is 68.0 Å². The number of nitrogens with two attached hydrogens (primary N) is 1. The van der Waals surface area contributed by atoms with Gasteiger partial charge in [0.05, 0.1) is 13.2 Å². The lowest BCUT2D eigenvalue weighted by Gasteiger charge is -1.94. The van der Waals surface area contributed by atoms with E-state index < -0.39 is 0 Å². The first-order chi connectivity index (χ1) is 5.35. The van der Waals surface area contributed by atoms with Crippen LogP contribution in [-0.4, -0.2) is 26.5 Å². The number of methoxy groups -OCH3 is 1. The average Bonchev–Trinajstić information content (AvgIpc) is 2.05. The summed E-state index contributed by atoms with van der Waals surface area (Å²) in [5.41, 5.74) is 6.37. The van der Waals surface area contributed by atoms with E-state index in [9.17, 15) is 0 Å². The van der Waals surface area contributed by atoms with Crippen molar-refractivity contribution >= 4 is 6.21 Å². The molecule has 0 heterocycles. The summed E-state index contributed by atoms with van der Waals surface area (Å²) in [6, 6.07) is 0. The van der Waals surface area contributed by atoms with Gasteiger partial charge in [-0.25, -0.2) is 0 Å². The zero-order valence-corrected chi connectivity index (χ0v) is 7.21. The summed E-state index contributed by atoms with van der Waals surface area (Å²) in [5, 5.41) is 0. The van der Waals surface area contributed by atoms with E-state index in [-0.39, 0.29) is 0 Å². The van der Waals surface area contributed by atoms with Gasteiger partial charge in [-0.05, 0) is 18.2 Å². The van der Waals surface area contributed by atoms with Crippen molar-refractivity contribution in [3.8, 4) is 0 Å². The first kappa shape index (κ1) is 10.2. The lowest BCUT2D eigenvalue weighted by atomic mass is 10.2. The Bertz CT molecular complexity index is 141. The molecule has 0 atom stereocenters. The third-order valence-electron chi connectivity index (χ3n) is 1.30. The highest BCUT2D eigenvalue weighted by atomic mass is 16.5. The molecular formula is C8H16N2O. The highest BCUT2D eigenvalue weighted by Gasteiger charge is 1.84. The predicted octanol–water partition coefficient (Wildman–Crippen LogP) is 0.956. The van der Waals surface area contributed by atoms with E-state index in [0.717, 1.165) is 12.0 Å². The van der Waals surface area contributed by atoms with E-state index in [1.807, 2.05) is 6.92 Å². The van der Waals surface area contributed by atoms with E-state index in [1.54, 1.807) is 19.5 Å². The molecule has 2 N–H and O–H groups in total. The number of ether oxygens (including phenoxy) is 1. The second kappa shape index (κ2) is 7.28. The van der Waals surface area contributed by atoms with Crippen molar-refractivity contribution in [3.63, 3.8) is 0 Å². The molecule has 0 fully saturated rings. The van der Waals surface area contributed by atoms with Gasteiger partial charge in [0.1, 0.15) is 0 Å². The quantitative estimate of drug-likeness (QED) is 0.476. The molecule has 0 aliphatic rings. The van der Waals surface area contributed by atoms with Crippen molar-refractivity contribution in [1.82, 2.24) is 0 Å². The Morgan fingerprint density at radius 2 is 2.36 bits per heavy atom. The molecule has 0 aromatic carbocycles. The van der Waals surface area contributed by atoms with Crippen molar-refractivity contribution in [2.75, 3.05) is 20.3 Å². The maximum absolute atomic E-state index is 5.31. The van der Waals surface area contributed by atoms with Gasteiger partial charge in [0.15, 0.2) is 0 Å². The zero-order chi connectivity index (χ0) is 8.53. The van der Waals surface area contributed by atoms with E-state index in [1.165, 1.54) is 0 Å². The number of nitrogens with zero attached hydrogens (tertiary/aromatic N) is 1. The van der Waals surface area contributed by atoms with Gasteiger partial charge in [-0.15, -0.1) is 0 Å². The number of aliphatic imine (C=N–C) groups is 1. The Morgan fingerprint density at radius 3 is 2.82 bits per heavy atom. The fourth-order valence-electron chi connectivity index (χ4n) is 0.578. The second-order valence-corrected chi connectivity index (χ2v) is 2.12. The minimum Gasteiger partial charge on any atom is -0.404 e. The van der Waals surface area contributed by atoms with Crippen LogP contribution in [0.2, 0.25) is 0 Å². The lowest BCUT2D eigenvalue weighted by molar-refractivity contribution is 0.208. The van der Waals surface area contributed by atoms with Gasteiger partial charge in [-0.3, -0.25) is 4.99 Å². The number of hydrogen-bond acceptors (Lipinski definition) is 3. The van der Waals surface area contributed by atoms with Crippen LogP contribution >= 0.6 is 0 Å². The molecule has 11 heavy (non-hydrogen) atoms. The molecule has 0 aromatic rings. The van der Waals surface area contributed by atoms with Crippen LogP contribution in [-0.2, 0) is 4.74 Å². The lowest BCUT2D eigenvalue weighted by Crippen LogP contribution is -1.95. The van der Waals surface area contributed by atoms with Crippen LogP contribution in [0.3, 0.4) is 0 Å². The maximum Gasteiger partial charge on any atom is 0.0658 e. The molecule has 0 aromatic heterocycles. The van der Waals surface area contributed by atoms with Crippen LogP contribution in [0.5, 0.6) is 0 Å². The normalized spacial score (nSPS) is 12.7. The summed E-state index contributed by atoms with van der Waals surface area (Å²) in [5.74, 6) is 0. The molecule has 0 radical (unpaired) electrons. The van der Waals surface area contributed by atoms with Gasteiger partial charge in [0.2, 0.25) is 0 Å². The van der Waals surface area contributed by atoms with Gasteiger partial charge < -0.3 is 10.5 Å². The van der Waals surface area contributed by atoms with Crippen molar-refractivity contribution in [1.29, 1.82) is 0 Å². The van der Waals surface area contributed by atoms with Crippen LogP contribution in [0.25, 0.3) is 0 Å². The zero-order valence-electron chi connectivity index (χ0n) is 7.21. The van der Waals surface area contributed by atoms with Gasteiger partial charge in [-0.2, -0.15) is 0 Å². The molecule has 0 saturated heterocycles. The fourth-order valence-corrected chi connectivity index (χ4v) is 0.578. The van der Waals surface area contributed by atoms with Crippen LogP contribution in [0, 0.1) is 0 Å². The van der Waals surface area contributed by atoms with Crippen molar-refractivity contribution in [3.05, 3.63) is 11.8 Å². The Morgan fingerprint density at radius 1 is 1.64 bits per heavy atom. The van der Waals surface area contributed by atoms with Gasteiger partial charge >= 0.3 is 0 Å². The summed E-state index contributed by atoms with van der Waals surface area (Å²) in [6.45, 7) is 3.41. The summed E-state index contributed by atoms with van der Waals surface area (Å²) < 4.78 is 4.83. The third kappa shape index (κ3) is 5.61. The fraction of sp³-hybridized carbons (Fsp3) is 0.625. The molecule has 0 saturated carbocycles. The van der Waals surface area contributed by atoms with E-state index >= 15 is 0 Å². The Kier molecular flexibility index (Phi) is 6.73. The minimum absolute atomic E-state index is 0.665. The van der Waals surface area contributed by atoms with Crippen molar-refractivity contribution in [2.45, 2.75) is 13.3 Å². The summed E-state index contributed by atoms with van der Waals surface area (Å²) >= 11 is 0. The van der Waals surface area contributed by atoms with Crippen molar-refractivity contribution < 1.29 is 4.74 Å². The predicted molar refractivity (Wildman–Crippen MR) is 47.8 cm³/mol. The van der Waals surface area contributed by atoms with Crippen LogP contribution in [0.15, 0.2) is 16.8 Å². The highest BCUT2D eigenvalue weighted by Crippen LogP contribution is 1.92. The number of rotatable bonds is 5. The summed E-state index contributed by atoms with van der Waals surface area (Å²) in [7, 11) is 1.66. The molecule has 0 aliphatic carbocycles. The smallest absolute Gasteiger partial charge is 0.0658 e. The molecule has 0 spiro atoms. The van der Waals surface area contributed by atoms with Crippen LogP contribution < -0.4 is 5.73 Å². The molecular weight excluding hydrogens is 140 g/mol. The topological polar surface area (TPSA) is 47.6 Å². The Hall–Kier alpha value is -0.830.